The monoisotopic (exact) mass is 346 g/mol. The molecule has 0 aromatic carbocycles. The van der Waals surface area contributed by atoms with Crippen LogP contribution in [0.1, 0.15) is 18.2 Å². The SMILES string of the molecule is Cn1ccnc1C1CCN(c2ccc3nnc(-c4ccccn4)n3n2)C1. The van der Waals surface area contributed by atoms with E-state index in [1.807, 2.05) is 49.8 Å². The van der Waals surface area contributed by atoms with Crippen LogP contribution in [0.5, 0.6) is 0 Å². The van der Waals surface area contributed by atoms with Crippen molar-refractivity contribution in [3.63, 3.8) is 0 Å². The third-order valence-corrected chi connectivity index (χ3v) is 4.88. The summed E-state index contributed by atoms with van der Waals surface area (Å²) in [6.07, 6.45) is 6.68. The first-order valence-electron chi connectivity index (χ1n) is 8.65. The largest absolute Gasteiger partial charge is 0.354 e. The molecule has 1 unspecified atom stereocenters. The van der Waals surface area contributed by atoms with Crippen molar-refractivity contribution in [1.82, 2.24) is 34.3 Å². The van der Waals surface area contributed by atoms with Gasteiger partial charge in [-0.1, -0.05) is 6.07 Å². The highest BCUT2D eigenvalue weighted by Gasteiger charge is 2.28. The van der Waals surface area contributed by atoms with Gasteiger partial charge in [0.15, 0.2) is 5.65 Å². The molecule has 0 spiro atoms. The Morgan fingerprint density at radius 1 is 1.04 bits per heavy atom. The molecule has 1 aliphatic rings. The highest BCUT2D eigenvalue weighted by atomic mass is 15.4. The lowest BCUT2D eigenvalue weighted by atomic mass is 10.1. The van der Waals surface area contributed by atoms with Gasteiger partial charge in [0.05, 0.1) is 0 Å². The first-order chi connectivity index (χ1) is 12.8. The van der Waals surface area contributed by atoms with Gasteiger partial charge >= 0.3 is 0 Å². The zero-order chi connectivity index (χ0) is 17.5. The van der Waals surface area contributed by atoms with Gasteiger partial charge in [0.2, 0.25) is 5.82 Å². The number of pyridine rings is 1. The third-order valence-electron chi connectivity index (χ3n) is 4.88. The van der Waals surface area contributed by atoms with E-state index in [4.69, 9.17) is 5.10 Å². The van der Waals surface area contributed by atoms with Crippen molar-refractivity contribution >= 4 is 11.5 Å². The van der Waals surface area contributed by atoms with E-state index in [2.05, 4.69) is 29.6 Å². The van der Waals surface area contributed by atoms with E-state index in [1.54, 1.807) is 10.7 Å². The quantitative estimate of drug-likeness (QED) is 0.564. The lowest BCUT2D eigenvalue weighted by Gasteiger charge is -2.17. The Labute approximate surface area is 150 Å². The Kier molecular flexibility index (Phi) is 3.41. The zero-order valence-electron chi connectivity index (χ0n) is 14.4. The molecule has 0 saturated carbocycles. The summed E-state index contributed by atoms with van der Waals surface area (Å²) in [6, 6.07) is 9.69. The number of nitrogens with zero attached hydrogens (tertiary/aromatic N) is 8. The number of hydrogen-bond acceptors (Lipinski definition) is 6. The predicted molar refractivity (Wildman–Crippen MR) is 96.8 cm³/mol. The molecule has 8 heteroatoms. The van der Waals surface area contributed by atoms with Gasteiger partial charge in [-0.2, -0.15) is 4.52 Å². The second-order valence-electron chi connectivity index (χ2n) is 6.53. The van der Waals surface area contributed by atoms with Crippen LogP contribution < -0.4 is 4.90 Å². The fourth-order valence-corrected chi connectivity index (χ4v) is 3.55. The molecule has 0 amide bonds. The van der Waals surface area contributed by atoms with Crippen molar-refractivity contribution < 1.29 is 0 Å². The lowest BCUT2D eigenvalue weighted by Crippen LogP contribution is -2.22. The van der Waals surface area contributed by atoms with E-state index in [1.165, 1.54) is 0 Å². The molecule has 130 valence electrons. The highest BCUT2D eigenvalue weighted by molar-refractivity contribution is 5.56. The minimum Gasteiger partial charge on any atom is -0.354 e. The molecule has 1 fully saturated rings. The van der Waals surface area contributed by atoms with Gasteiger partial charge < -0.3 is 9.47 Å². The van der Waals surface area contributed by atoms with Crippen LogP contribution in [0.2, 0.25) is 0 Å². The summed E-state index contributed by atoms with van der Waals surface area (Å²) in [5.41, 5.74) is 1.48. The molecule has 0 aliphatic carbocycles. The summed E-state index contributed by atoms with van der Waals surface area (Å²) in [4.78, 5) is 11.2. The normalized spacial score (nSPS) is 17.3. The van der Waals surface area contributed by atoms with Crippen molar-refractivity contribution in [1.29, 1.82) is 0 Å². The van der Waals surface area contributed by atoms with Gasteiger partial charge in [-0.3, -0.25) is 4.98 Å². The molecule has 26 heavy (non-hydrogen) atoms. The van der Waals surface area contributed by atoms with Crippen LogP contribution in [0.25, 0.3) is 17.2 Å². The predicted octanol–water partition coefficient (Wildman–Crippen LogP) is 1.91. The summed E-state index contributed by atoms with van der Waals surface area (Å²) in [7, 11) is 2.05. The van der Waals surface area contributed by atoms with E-state index in [-0.39, 0.29) is 0 Å². The molecule has 0 N–H and O–H groups in total. The van der Waals surface area contributed by atoms with Gasteiger partial charge in [-0.05, 0) is 30.7 Å². The number of fused-ring (bicyclic) bond motifs is 1. The van der Waals surface area contributed by atoms with Crippen molar-refractivity contribution in [3.8, 4) is 11.5 Å². The lowest BCUT2D eigenvalue weighted by molar-refractivity contribution is 0.664. The molecule has 0 radical (unpaired) electrons. The molecule has 5 heterocycles. The maximum Gasteiger partial charge on any atom is 0.203 e. The van der Waals surface area contributed by atoms with Crippen LogP contribution in [0.3, 0.4) is 0 Å². The molecular weight excluding hydrogens is 328 g/mol. The first kappa shape index (κ1) is 15.0. The number of aryl methyl sites for hydroxylation is 1. The molecule has 4 aromatic heterocycles. The Morgan fingerprint density at radius 2 is 2.00 bits per heavy atom. The Morgan fingerprint density at radius 3 is 2.81 bits per heavy atom. The number of rotatable bonds is 3. The highest BCUT2D eigenvalue weighted by Crippen LogP contribution is 2.29. The molecule has 1 saturated heterocycles. The van der Waals surface area contributed by atoms with Crippen LogP contribution in [-0.2, 0) is 7.05 Å². The van der Waals surface area contributed by atoms with Gasteiger partial charge in [-0.15, -0.1) is 15.3 Å². The van der Waals surface area contributed by atoms with Crippen LogP contribution in [0, 0.1) is 0 Å². The summed E-state index contributed by atoms with van der Waals surface area (Å²) >= 11 is 0. The van der Waals surface area contributed by atoms with Gasteiger partial charge in [-0.25, -0.2) is 4.98 Å². The standard InChI is InChI=1S/C18H18N8/c1-24-11-9-20-17(24)13-7-10-25(12-13)16-6-5-15-21-22-18(26(15)23-16)14-4-2-3-8-19-14/h2-6,8-9,11,13H,7,10,12H2,1H3. The minimum atomic E-state index is 0.420. The van der Waals surface area contributed by atoms with E-state index < -0.39 is 0 Å². The van der Waals surface area contributed by atoms with E-state index in [9.17, 15) is 0 Å². The Hall–Kier alpha value is -3.29. The van der Waals surface area contributed by atoms with E-state index in [0.29, 0.717) is 17.4 Å². The number of anilines is 1. The van der Waals surface area contributed by atoms with E-state index >= 15 is 0 Å². The minimum absolute atomic E-state index is 0.420. The molecule has 8 nitrogen and oxygen atoms in total. The average molecular weight is 346 g/mol. The van der Waals surface area contributed by atoms with Gasteiger partial charge in [0, 0.05) is 44.6 Å². The second-order valence-corrected chi connectivity index (χ2v) is 6.53. The Bertz CT molecular complexity index is 1050. The number of imidazole rings is 1. The maximum absolute atomic E-state index is 4.78. The average Bonchev–Trinajstić information content (AvgIpc) is 3.40. The maximum atomic E-state index is 4.78. The summed E-state index contributed by atoms with van der Waals surface area (Å²) in [6.45, 7) is 1.86. The van der Waals surface area contributed by atoms with Crippen LogP contribution in [-0.4, -0.2) is 47.4 Å². The van der Waals surface area contributed by atoms with E-state index in [0.717, 1.165) is 36.8 Å². The smallest absolute Gasteiger partial charge is 0.203 e. The zero-order valence-corrected chi connectivity index (χ0v) is 14.4. The second kappa shape index (κ2) is 5.91. The fourth-order valence-electron chi connectivity index (χ4n) is 3.55. The van der Waals surface area contributed by atoms with Crippen molar-refractivity contribution in [2.75, 3.05) is 18.0 Å². The summed E-state index contributed by atoms with van der Waals surface area (Å²) in [5.74, 6) is 3.13. The van der Waals surface area contributed by atoms with Gasteiger partial charge in [0.1, 0.15) is 17.3 Å². The van der Waals surface area contributed by atoms with Crippen molar-refractivity contribution in [2.24, 2.45) is 7.05 Å². The van der Waals surface area contributed by atoms with Crippen LogP contribution >= 0.6 is 0 Å². The summed E-state index contributed by atoms with van der Waals surface area (Å²) < 4.78 is 3.87. The molecule has 5 rings (SSSR count). The molecule has 4 aromatic rings. The molecular formula is C18H18N8. The molecule has 1 atom stereocenters. The Balaban J connectivity index is 1.48. The van der Waals surface area contributed by atoms with Crippen LogP contribution in [0.4, 0.5) is 5.82 Å². The van der Waals surface area contributed by atoms with Crippen LogP contribution in [0.15, 0.2) is 48.9 Å². The number of aromatic nitrogens is 7. The topological polar surface area (TPSA) is 77.0 Å². The molecule has 0 bridgehead atoms. The van der Waals surface area contributed by atoms with Gasteiger partial charge in [0.25, 0.3) is 0 Å². The van der Waals surface area contributed by atoms with Crippen molar-refractivity contribution in [2.45, 2.75) is 12.3 Å². The first-order valence-corrected chi connectivity index (χ1v) is 8.65. The fraction of sp³-hybridized carbons (Fsp3) is 0.278. The third kappa shape index (κ3) is 2.42. The number of hydrogen-bond donors (Lipinski definition) is 0. The molecule has 1 aliphatic heterocycles. The summed E-state index contributed by atoms with van der Waals surface area (Å²) in [5, 5.41) is 13.2. The van der Waals surface area contributed by atoms with Crippen molar-refractivity contribution in [3.05, 3.63) is 54.7 Å².